The molecule has 0 aliphatic heterocycles. The van der Waals surface area contributed by atoms with Crippen LogP contribution >= 0.6 is 12.2 Å². The first-order chi connectivity index (χ1) is 6.22. The molecule has 1 aromatic carbocycles. The number of aryl methyl sites for hydroxylation is 1. The van der Waals surface area contributed by atoms with Crippen molar-refractivity contribution < 1.29 is 0 Å². The third kappa shape index (κ3) is 3.09. The van der Waals surface area contributed by atoms with E-state index in [1.165, 1.54) is 5.56 Å². The Bertz CT molecular complexity index is 337. The second kappa shape index (κ2) is 4.43. The highest BCUT2D eigenvalue weighted by Gasteiger charge is 1.94. The maximum absolute atomic E-state index is 8.27. The Balaban J connectivity index is 2.60. The monoisotopic (exact) mass is 191 g/mol. The lowest BCUT2D eigenvalue weighted by Gasteiger charge is -2.04. The van der Waals surface area contributed by atoms with Gasteiger partial charge < -0.3 is 5.32 Å². The number of hydrogen-bond donors (Lipinski definition) is 2. The summed E-state index contributed by atoms with van der Waals surface area (Å²) in [7, 11) is 0. The fourth-order valence-electron chi connectivity index (χ4n) is 0.850. The molecule has 0 radical (unpaired) electrons. The summed E-state index contributed by atoms with van der Waals surface area (Å²) in [5.41, 5.74) is 2.06. The summed E-state index contributed by atoms with van der Waals surface area (Å²) in [4.78, 5) is 0. The van der Waals surface area contributed by atoms with Crippen molar-refractivity contribution in [2.24, 2.45) is 0 Å². The Morgan fingerprint density at radius 3 is 2.54 bits per heavy atom. The minimum absolute atomic E-state index is 0.311. The number of nitrogens with one attached hydrogen (secondary N) is 2. The minimum atomic E-state index is 0.311. The van der Waals surface area contributed by atoms with E-state index in [1.807, 2.05) is 31.2 Å². The third-order valence-corrected chi connectivity index (χ3v) is 1.68. The SMILES string of the molecule is Cc1ccc(NC(=S)NC#N)cc1. The highest BCUT2D eigenvalue weighted by Crippen LogP contribution is 2.07. The van der Waals surface area contributed by atoms with E-state index in [4.69, 9.17) is 17.5 Å². The lowest BCUT2D eigenvalue weighted by atomic mass is 10.2. The molecule has 1 rings (SSSR count). The molecular weight excluding hydrogens is 182 g/mol. The topological polar surface area (TPSA) is 47.8 Å². The van der Waals surface area contributed by atoms with E-state index in [2.05, 4.69) is 10.6 Å². The summed E-state index contributed by atoms with van der Waals surface area (Å²) >= 11 is 4.82. The fourth-order valence-corrected chi connectivity index (χ4v) is 1.01. The highest BCUT2D eigenvalue weighted by atomic mass is 32.1. The Morgan fingerprint density at radius 2 is 2.00 bits per heavy atom. The molecule has 0 atom stereocenters. The number of hydrogen-bond acceptors (Lipinski definition) is 2. The molecule has 0 amide bonds. The summed E-state index contributed by atoms with van der Waals surface area (Å²) < 4.78 is 0. The van der Waals surface area contributed by atoms with Crippen LogP contribution < -0.4 is 10.6 Å². The van der Waals surface area contributed by atoms with E-state index >= 15 is 0 Å². The quantitative estimate of drug-likeness (QED) is 0.403. The zero-order chi connectivity index (χ0) is 9.68. The van der Waals surface area contributed by atoms with E-state index in [0.29, 0.717) is 5.11 Å². The zero-order valence-corrected chi connectivity index (χ0v) is 7.98. The molecule has 0 aliphatic carbocycles. The van der Waals surface area contributed by atoms with Gasteiger partial charge in [-0.3, -0.25) is 5.32 Å². The van der Waals surface area contributed by atoms with Gasteiger partial charge in [0.2, 0.25) is 0 Å². The highest BCUT2D eigenvalue weighted by molar-refractivity contribution is 7.80. The van der Waals surface area contributed by atoms with Gasteiger partial charge in [0.15, 0.2) is 11.3 Å². The summed E-state index contributed by atoms with van der Waals surface area (Å²) in [5.74, 6) is 0. The molecule has 4 heteroatoms. The predicted octanol–water partition coefficient (Wildman–Crippen LogP) is 1.76. The number of nitrogens with zero attached hydrogens (tertiary/aromatic N) is 1. The molecule has 0 spiro atoms. The summed E-state index contributed by atoms with van der Waals surface area (Å²) in [6, 6.07) is 7.75. The fraction of sp³-hybridized carbons (Fsp3) is 0.111. The summed E-state index contributed by atoms with van der Waals surface area (Å²) in [6.45, 7) is 2.01. The number of nitriles is 1. The van der Waals surface area contributed by atoms with Gasteiger partial charge in [-0.15, -0.1) is 0 Å². The van der Waals surface area contributed by atoms with Crippen molar-refractivity contribution in [2.75, 3.05) is 5.32 Å². The molecule has 0 heterocycles. The van der Waals surface area contributed by atoms with Crippen LogP contribution in [0.2, 0.25) is 0 Å². The van der Waals surface area contributed by atoms with Crippen molar-refractivity contribution in [3.8, 4) is 6.19 Å². The molecular formula is C9H9N3S. The second-order valence-electron chi connectivity index (χ2n) is 2.56. The van der Waals surface area contributed by atoms with Gasteiger partial charge in [-0.2, -0.15) is 5.26 Å². The second-order valence-corrected chi connectivity index (χ2v) is 2.97. The number of anilines is 1. The Morgan fingerprint density at radius 1 is 1.38 bits per heavy atom. The van der Waals surface area contributed by atoms with Crippen LogP contribution in [-0.2, 0) is 0 Å². The molecule has 0 unspecified atom stereocenters. The molecule has 0 saturated carbocycles. The lowest BCUT2D eigenvalue weighted by molar-refractivity contribution is 1.28. The zero-order valence-electron chi connectivity index (χ0n) is 7.16. The van der Waals surface area contributed by atoms with Crippen molar-refractivity contribution in [3.63, 3.8) is 0 Å². The molecule has 3 nitrogen and oxygen atoms in total. The average molecular weight is 191 g/mol. The predicted molar refractivity (Wildman–Crippen MR) is 56.1 cm³/mol. The van der Waals surface area contributed by atoms with Crippen molar-refractivity contribution in [3.05, 3.63) is 29.8 Å². The van der Waals surface area contributed by atoms with Crippen LogP contribution in [0.15, 0.2) is 24.3 Å². The van der Waals surface area contributed by atoms with Crippen molar-refractivity contribution in [1.29, 1.82) is 5.26 Å². The summed E-state index contributed by atoms with van der Waals surface area (Å²) in [5, 5.41) is 13.8. The largest absolute Gasteiger partial charge is 0.332 e. The Hall–Kier alpha value is -1.60. The van der Waals surface area contributed by atoms with Crippen molar-refractivity contribution >= 4 is 23.0 Å². The summed E-state index contributed by atoms with van der Waals surface area (Å²) in [6.07, 6.45) is 1.75. The lowest BCUT2D eigenvalue weighted by Crippen LogP contribution is -2.23. The maximum atomic E-state index is 8.27. The van der Waals surface area contributed by atoms with E-state index in [9.17, 15) is 0 Å². The van der Waals surface area contributed by atoms with Gasteiger partial charge in [-0.25, -0.2) is 0 Å². The number of thiocarbonyl (C=S) groups is 1. The van der Waals surface area contributed by atoms with Gasteiger partial charge in [0, 0.05) is 5.69 Å². The van der Waals surface area contributed by atoms with Gasteiger partial charge in [0.05, 0.1) is 0 Å². The van der Waals surface area contributed by atoms with Crippen molar-refractivity contribution in [1.82, 2.24) is 5.32 Å². The van der Waals surface area contributed by atoms with Crippen LogP contribution in [0.5, 0.6) is 0 Å². The third-order valence-electron chi connectivity index (χ3n) is 1.48. The van der Waals surface area contributed by atoms with E-state index < -0.39 is 0 Å². The van der Waals surface area contributed by atoms with Crippen LogP contribution in [0.25, 0.3) is 0 Å². The van der Waals surface area contributed by atoms with Gasteiger partial charge in [-0.1, -0.05) is 17.7 Å². The number of benzene rings is 1. The van der Waals surface area contributed by atoms with E-state index in [0.717, 1.165) is 5.69 Å². The minimum Gasteiger partial charge on any atom is -0.332 e. The van der Waals surface area contributed by atoms with Gasteiger partial charge in [0.25, 0.3) is 0 Å². The van der Waals surface area contributed by atoms with E-state index in [-0.39, 0.29) is 0 Å². The first-order valence-corrected chi connectivity index (χ1v) is 4.16. The normalized spacial score (nSPS) is 8.62. The standard InChI is InChI=1S/C9H9N3S/c1-7-2-4-8(5-3-7)12-9(13)11-6-10/h2-5H,1H3,(H2,11,12,13). The number of rotatable bonds is 1. The molecule has 1 aromatic rings. The first-order valence-electron chi connectivity index (χ1n) is 3.75. The molecule has 2 N–H and O–H groups in total. The molecule has 0 saturated heterocycles. The van der Waals surface area contributed by atoms with Crippen LogP contribution in [0.3, 0.4) is 0 Å². The maximum Gasteiger partial charge on any atom is 0.184 e. The van der Waals surface area contributed by atoms with Crippen molar-refractivity contribution in [2.45, 2.75) is 6.92 Å². The smallest absolute Gasteiger partial charge is 0.184 e. The van der Waals surface area contributed by atoms with Gasteiger partial charge in [0.1, 0.15) is 0 Å². The van der Waals surface area contributed by atoms with Crippen LogP contribution in [0, 0.1) is 18.4 Å². The van der Waals surface area contributed by atoms with Crippen LogP contribution in [-0.4, -0.2) is 5.11 Å². The average Bonchev–Trinajstić information content (AvgIpc) is 2.09. The molecule has 0 aliphatic rings. The Kier molecular flexibility index (Phi) is 3.23. The Labute approximate surface area is 82.4 Å². The molecule has 0 aromatic heterocycles. The van der Waals surface area contributed by atoms with Crippen LogP contribution in [0.1, 0.15) is 5.56 Å². The molecule has 0 bridgehead atoms. The molecule has 0 fully saturated rings. The molecule has 66 valence electrons. The van der Waals surface area contributed by atoms with Gasteiger partial charge >= 0.3 is 0 Å². The first kappa shape index (κ1) is 9.49. The molecule has 13 heavy (non-hydrogen) atoms. The van der Waals surface area contributed by atoms with Gasteiger partial charge in [-0.05, 0) is 31.3 Å². The van der Waals surface area contributed by atoms with E-state index in [1.54, 1.807) is 6.19 Å². The van der Waals surface area contributed by atoms with Crippen LogP contribution in [0.4, 0.5) is 5.69 Å².